The van der Waals surface area contributed by atoms with Gasteiger partial charge >= 0.3 is 11.9 Å². The molecule has 256 valence electrons. The van der Waals surface area contributed by atoms with Crippen molar-refractivity contribution in [1.29, 1.82) is 0 Å². The summed E-state index contributed by atoms with van der Waals surface area (Å²) < 4.78 is 0. The van der Waals surface area contributed by atoms with Gasteiger partial charge < -0.3 is 42.1 Å². The van der Waals surface area contributed by atoms with E-state index in [2.05, 4.69) is 21.3 Å². The molecule has 15 heteroatoms. The number of nitrogens with one attached hydrogen (secondary N) is 4. The molecule has 0 unspecified atom stereocenters. The molecule has 0 radical (unpaired) electrons. The predicted octanol–water partition coefficient (Wildman–Crippen LogP) is -0.0370. The molecule has 0 aromatic heterocycles. The van der Waals surface area contributed by atoms with Crippen LogP contribution < -0.4 is 27.0 Å². The second-order valence-corrected chi connectivity index (χ2v) is 12.6. The number of amides is 5. The molecule has 5 amide bonds. The standard InChI is InChI=1S/C30H52N6O9/c1-7-18(6)25(31)29(44)33-19(10-11-23(37)38)27(42)35-21(14-17(4)5)30(45)36-12-8-9-22(36)28(43)34-20(13-16(2)3)26(41)32-15-24(39)40/h16-22,25H,7-15,31H2,1-6H3,(H,32,41)(H,33,44)(H,34,43)(H,35,42)(H,37,38)(H,39,40)/t18-,19-,20-,21-,22-,25-/m0/s1. The summed E-state index contributed by atoms with van der Waals surface area (Å²) in [4.78, 5) is 89.6. The second-order valence-electron chi connectivity index (χ2n) is 12.6. The predicted molar refractivity (Wildman–Crippen MR) is 164 cm³/mol. The molecule has 1 aliphatic heterocycles. The van der Waals surface area contributed by atoms with Crippen LogP contribution in [-0.4, -0.2) is 99.9 Å². The Labute approximate surface area is 264 Å². The summed E-state index contributed by atoms with van der Waals surface area (Å²) in [5.41, 5.74) is 6.02. The van der Waals surface area contributed by atoms with Crippen LogP contribution in [0.25, 0.3) is 0 Å². The number of hydrogen-bond acceptors (Lipinski definition) is 8. The Balaban J connectivity index is 3.16. The summed E-state index contributed by atoms with van der Waals surface area (Å²) >= 11 is 0. The Hall–Kier alpha value is -3.75. The van der Waals surface area contributed by atoms with Gasteiger partial charge in [-0.2, -0.15) is 0 Å². The van der Waals surface area contributed by atoms with Gasteiger partial charge in [0, 0.05) is 13.0 Å². The van der Waals surface area contributed by atoms with E-state index in [-0.39, 0.29) is 43.6 Å². The van der Waals surface area contributed by atoms with Crippen molar-refractivity contribution >= 4 is 41.5 Å². The van der Waals surface area contributed by atoms with E-state index < -0.39 is 84.6 Å². The van der Waals surface area contributed by atoms with Gasteiger partial charge in [0.15, 0.2) is 0 Å². The maximum Gasteiger partial charge on any atom is 0.322 e. The van der Waals surface area contributed by atoms with Crippen LogP contribution in [0.5, 0.6) is 0 Å². The Morgan fingerprint density at radius 2 is 1.38 bits per heavy atom. The number of likely N-dealkylation sites (tertiary alicyclic amines) is 1. The number of rotatable bonds is 19. The molecular weight excluding hydrogens is 588 g/mol. The summed E-state index contributed by atoms with van der Waals surface area (Å²) in [5, 5.41) is 28.3. The van der Waals surface area contributed by atoms with Gasteiger partial charge in [-0.25, -0.2) is 0 Å². The molecule has 1 saturated heterocycles. The monoisotopic (exact) mass is 640 g/mol. The number of carboxylic acid groups (broad SMARTS) is 2. The SMILES string of the molecule is CC[C@H](C)[C@H](N)C(=O)N[C@@H](CCC(=O)O)C(=O)N[C@@H](CC(C)C)C(=O)N1CCC[C@H]1C(=O)N[C@@H](CC(C)C)C(=O)NCC(=O)O. The van der Waals surface area contributed by atoms with E-state index in [0.717, 1.165) is 0 Å². The molecule has 1 heterocycles. The average Bonchev–Trinajstić information content (AvgIpc) is 3.45. The van der Waals surface area contributed by atoms with Crippen LogP contribution in [0, 0.1) is 17.8 Å². The maximum atomic E-state index is 13.8. The zero-order valence-corrected chi connectivity index (χ0v) is 27.3. The minimum Gasteiger partial charge on any atom is -0.481 e. The smallest absolute Gasteiger partial charge is 0.322 e. The lowest BCUT2D eigenvalue weighted by Crippen LogP contribution is -2.59. The van der Waals surface area contributed by atoms with Crippen LogP contribution in [0.3, 0.4) is 0 Å². The normalized spacial score (nSPS) is 18.0. The van der Waals surface area contributed by atoms with Gasteiger partial charge in [0.05, 0.1) is 6.04 Å². The Morgan fingerprint density at radius 1 is 0.800 bits per heavy atom. The van der Waals surface area contributed by atoms with E-state index in [9.17, 15) is 38.7 Å². The van der Waals surface area contributed by atoms with Crippen molar-refractivity contribution in [2.75, 3.05) is 13.1 Å². The minimum atomic E-state index is -1.26. The molecule has 45 heavy (non-hydrogen) atoms. The fourth-order valence-electron chi connectivity index (χ4n) is 5.04. The lowest BCUT2D eigenvalue weighted by molar-refractivity contribution is -0.143. The number of carbonyl (C=O) groups is 7. The molecule has 0 spiro atoms. The van der Waals surface area contributed by atoms with Crippen molar-refractivity contribution in [2.24, 2.45) is 23.5 Å². The molecule has 8 N–H and O–H groups in total. The zero-order valence-electron chi connectivity index (χ0n) is 27.3. The van der Waals surface area contributed by atoms with Gasteiger partial charge in [0.2, 0.25) is 29.5 Å². The number of hydrogen-bond donors (Lipinski definition) is 7. The van der Waals surface area contributed by atoms with E-state index in [1.165, 1.54) is 4.90 Å². The molecule has 1 fully saturated rings. The zero-order chi connectivity index (χ0) is 34.4. The molecule has 1 aliphatic rings. The number of carbonyl (C=O) groups excluding carboxylic acids is 5. The average molecular weight is 641 g/mol. The molecule has 0 saturated carbocycles. The number of nitrogens with zero attached hydrogens (tertiary/aromatic N) is 1. The molecule has 15 nitrogen and oxygen atoms in total. The highest BCUT2D eigenvalue weighted by molar-refractivity contribution is 5.96. The number of nitrogens with two attached hydrogens (primary N) is 1. The van der Waals surface area contributed by atoms with Crippen molar-refractivity contribution in [3.63, 3.8) is 0 Å². The Kier molecular flexibility index (Phi) is 16.5. The molecule has 0 aliphatic carbocycles. The third-order valence-electron chi connectivity index (χ3n) is 7.75. The van der Waals surface area contributed by atoms with E-state index in [1.807, 2.05) is 34.6 Å². The molecule has 1 rings (SSSR count). The molecule has 0 aromatic carbocycles. The third-order valence-corrected chi connectivity index (χ3v) is 7.75. The van der Waals surface area contributed by atoms with Gasteiger partial charge in [-0.15, -0.1) is 0 Å². The minimum absolute atomic E-state index is 0.00729. The van der Waals surface area contributed by atoms with Gasteiger partial charge in [0.1, 0.15) is 30.7 Å². The summed E-state index contributed by atoms with van der Waals surface area (Å²) in [7, 11) is 0. The van der Waals surface area contributed by atoms with Gasteiger partial charge in [0.25, 0.3) is 0 Å². The third kappa shape index (κ3) is 13.4. The maximum absolute atomic E-state index is 13.8. The number of aliphatic carboxylic acids is 2. The quantitative estimate of drug-likeness (QED) is 0.0994. The van der Waals surface area contributed by atoms with Crippen LogP contribution in [0.15, 0.2) is 0 Å². The largest absolute Gasteiger partial charge is 0.481 e. The van der Waals surface area contributed by atoms with E-state index in [0.29, 0.717) is 19.3 Å². The molecular formula is C30H52N6O9. The van der Waals surface area contributed by atoms with Crippen LogP contribution in [0.2, 0.25) is 0 Å². The first-order valence-corrected chi connectivity index (χ1v) is 15.7. The van der Waals surface area contributed by atoms with Crippen LogP contribution in [0.1, 0.15) is 86.5 Å². The molecule has 0 aromatic rings. The van der Waals surface area contributed by atoms with E-state index in [1.54, 1.807) is 6.92 Å². The van der Waals surface area contributed by atoms with Gasteiger partial charge in [-0.1, -0.05) is 48.0 Å². The van der Waals surface area contributed by atoms with Gasteiger partial charge in [-0.05, 0) is 49.9 Å². The molecule has 6 atom stereocenters. The van der Waals surface area contributed by atoms with E-state index in [4.69, 9.17) is 10.8 Å². The second kappa shape index (κ2) is 18.9. The van der Waals surface area contributed by atoms with Crippen molar-refractivity contribution < 1.29 is 43.8 Å². The lowest BCUT2D eigenvalue weighted by atomic mass is 9.98. The van der Waals surface area contributed by atoms with Crippen molar-refractivity contribution in [2.45, 2.75) is 117 Å². The first-order valence-electron chi connectivity index (χ1n) is 15.7. The topological polar surface area (TPSA) is 237 Å². The van der Waals surface area contributed by atoms with Gasteiger partial charge in [-0.3, -0.25) is 33.6 Å². The summed E-state index contributed by atoms with van der Waals surface area (Å²) in [6.07, 6.45) is 1.24. The fraction of sp³-hybridized carbons (Fsp3) is 0.767. The summed E-state index contributed by atoms with van der Waals surface area (Å²) in [6, 6.07) is -5.20. The number of carboxylic acids is 2. The highest BCUT2D eigenvalue weighted by atomic mass is 16.4. The Morgan fingerprint density at radius 3 is 1.91 bits per heavy atom. The van der Waals surface area contributed by atoms with Crippen molar-refractivity contribution in [1.82, 2.24) is 26.2 Å². The van der Waals surface area contributed by atoms with Crippen molar-refractivity contribution in [3.8, 4) is 0 Å². The summed E-state index contributed by atoms with van der Waals surface area (Å²) in [6.45, 7) is 10.7. The van der Waals surface area contributed by atoms with E-state index >= 15 is 0 Å². The lowest BCUT2D eigenvalue weighted by Gasteiger charge is -2.31. The van der Waals surface area contributed by atoms with Crippen LogP contribution in [0.4, 0.5) is 0 Å². The first kappa shape index (κ1) is 39.3. The van der Waals surface area contributed by atoms with Crippen LogP contribution in [-0.2, 0) is 33.6 Å². The fourth-order valence-corrected chi connectivity index (χ4v) is 5.04. The molecule has 0 bridgehead atoms. The first-order chi connectivity index (χ1) is 21.0. The highest BCUT2D eigenvalue weighted by Gasteiger charge is 2.40. The Bertz CT molecular complexity index is 1070. The highest BCUT2D eigenvalue weighted by Crippen LogP contribution is 2.21. The van der Waals surface area contributed by atoms with Crippen LogP contribution >= 0.6 is 0 Å². The summed E-state index contributed by atoms with van der Waals surface area (Å²) in [5.74, 6) is -5.75. The van der Waals surface area contributed by atoms with Crippen molar-refractivity contribution in [3.05, 3.63) is 0 Å².